The van der Waals surface area contributed by atoms with E-state index in [1.807, 2.05) is 60.7 Å². The van der Waals surface area contributed by atoms with Crippen molar-refractivity contribution in [2.45, 2.75) is 12.5 Å². The minimum Gasteiger partial charge on any atom is -0.481 e. The summed E-state index contributed by atoms with van der Waals surface area (Å²) >= 11 is 0. The van der Waals surface area contributed by atoms with Crippen molar-refractivity contribution in [1.82, 2.24) is 0 Å². The number of carboxylic acid groups (broad SMARTS) is 1. The van der Waals surface area contributed by atoms with Gasteiger partial charge >= 0.3 is 5.97 Å². The smallest absolute Gasteiger partial charge is 0.311 e. The second-order valence-electron chi connectivity index (χ2n) is 5.13. The molecule has 114 valence electrons. The number of carboxylic acids is 1. The molecule has 0 radical (unpaired) electrons. The van der Waals surface area contributed by atoms with Crippen molar-refractivity contribution in [1.29, 1.82) is 0 Å². The first kappa shape index (κ1) is 16.0. The number of ether oxygens (including phenoxy) is 1. The zero-order chi connectivity index (χ0) is 15.8. The van der Waals surface area contributed by atoms with E-state index in [0.717, 1.165) is 11.1 Å². The van der Waals surface area contributed by atoms with Crippen LogP contribution in [0.1, 0.15) is 17.0 Å². The summed E-state index contributed by atoms with van der Waals surface area (Å²) in [5, 5.41) is 9.54. The van der Waals surface area contributed by atoms with E-state index in [4.69, 9.17) is 4.74 Å². The molecule has 2 rings (SSSR count). The topological polar surface area (TPSA) is 46.5 Å². The van der Waals surface area contributed by atoms with Gasteiger partial charge in [0, 0.05) is 5.92 Å². The van der Waals surface area contributed by atoms with Crippen LogP contribution in [0.3, 0.4) is 0 Å². The fraction of sp³-hybridized carbons (Fsp3) is 0.211. The van der Waals surface area contributed by atoms with E-state index in [1.165, 1.54) is 0 Å². The molecule has 3 nitrogen and oxygen atoms in total. The highest BCUT2D eigenvalue weighted by Gasteiger charge is 2.27. The molecule has 1 N–H and O–H groups in total. The number of benzene rings is 2. The van der Waals surface area contributed by atoms with E-state index in [-0.39, 0.29) is 5.92 Å². The second-order valence-corrected chi connectivity index (χ2v) is 5.13. The molecule has 0 aliphatic rings. The molecule has 2 unspecified atom stereocenters. The van der Waals surface area contributed by atoms with Crippen LogP contribution < -0.4 is 0 Å². The number of hydrogen-bond donors (Lipinski definition) is 1. The van der Waals surface area contributed by atoms with Gasteiger partial charge in [0.1, 0.15) is 0 Å². The molecule has 0 heterocycles. The predicted octanol–water partition coefficient (Wildman–Crippen LogP) is 3.87. The Bertz CT molecular complexity index is 593. The molecular formula is C19H20O3. The van der Waals surface area contributed by atoms with Crippen LogP contribution in [0.4, 0.5) is 0 Å². The zero-order valence-electron chi connectivity index (χ0n) is 12.4. The van der Waals surface area contributed by atoms with E-state index >= 15 is 0 Å². The van der Waals surface area contributed by atoms with E-state index in [9.17, 15) is 9.90 Å². The Morgan fingerprint density at radius 3 is 2.23 bits per heavy atom. The van der Waals surface area contributed by atoms with Crippen molar-refractivity contribution in [3.8, 4) is 0 Å². The molecule has 0 saturated heterocycles. The first-order valence-electron chi connectivity index (χ1n) is 7.24. The first-order chi connectivity index (χ1) is 10.7. The van der Waals surface area contributed by atoms with E-state index < -0.39 is 11.9 Å². The largest absolute Gasteiger partial charge is 0.481 e. The molecule has 0 spiro atoms. The van der Waals surface area contributed by atoms with Gasteiger partial charge in [-0.3, -0.25) is 4.79 Å². The van der Waals surface area contributed by atoms with E-state index in [1.54, 1.807) is 6.08 Å². The third kappa shape index (κ3) is 4.30. The summed E-state index contributed by atoms with van der Waals surface area (Å²) < 4.78 is 5.69. The summed E-state index contributed by atoms with van der Waals surface area (Å²) in [5.41, 5.74) is 1.83. The van der Waals surface area contributed by atoms with Crippen LogP contribution in [0.25, 0.3) is 0 Å². The SMILES string of the molecule is C=CC(COCc1ccccc1)C(C(=O)O)c1ccccc1. The molecule has 0 saturated carbocycles. The second kappa shape index (κ2) is 8.15. The van der Waals surface area contributed by atoms with Gasteiger partial charge in [0.05, 0.1) is 19.1 Å². The summed E-state index contributed by atoms with van der Waals surface area (Å²) in [7, 11) is 0. The lowest BCUT2D eigenvalue weighted by Crippen LogP contribution is -2.24. The highest BCUT2D eigenvalue weighted by atomic mass is 16.5. The summed E-state index contributed by atoms with van der Waals surface area (Å²) in [6.45, 7) is 4.56. The maximum absolute atomic E-state index is 11.6. The van der Waals surface area contributed by atoms with E-state index in [0.29, 0.717) is 13.2 Å². The van der Waals surface area contributed by atoms with Crippen molar-refractivity contribution >= 4 is 5.97 Å². The third-order valence-corrected chi connectivity index (χ3v) is 3.58. The van der Waals surface area contributed by atoms with E-state index in [2.05, 4.69) is 6.58 Å². The Labute approximate surface area is 130 Å². The van der Waals surface area contributed by atoms with Crippen LogP contribution in [-0.4, -0.2) is 17.7 Å². The average molecular weight is 296 g/mol. The Balaban J connectivity index is 2.02. The van der Waals surface area contributed by atoms with Gasteiger partial charge < -0.3 is 9.84 Å². The number of rotatable bonds is 8. The lowest BCUT2D eigenvalue weighted by molar-refractivity contribution is -0.140. The number of aliphatic carboxylic acids is 1. The quantitative estimate of drug-likeness (QED) is 0.752. The lowest BCUT2D eigenvalue weighted by atomic mass is 9.86. The predicted molar refractivity (Wildman–Crippen MR) is 86.6 cm³/mol. The van der Waals surface area contributed by atoms with Gasteiger partial charge in [0.2, 0.25) is 0 Å². The standard InChI is InChI=1S/C19H20O3/c1-2-16(14-22-13-15-9-5-3-6-10-15)18(19(20)21)17-11-7-4-8-12-17/h2-12,16,18H,1,13-14H2,(H,20,21). The van der Waals surface area contributed by atoms with Gasteiger partial charge in [-0.2, -0.15) is 0 Å². The van der Waals surface area contributed by atoms with Crippen LogP contribution in [0.2, 0.25) is 0 Å². The zero-order valence-corrected chi connectivity index (χ0v) is 12.4. The minimum absolute atomic E-state index is 0.274. The van der Waals surface area contributed by atoms with Crippen LogP contribution in [-0.2, 0) is 16.1 Å². The Kier molecular flexibility index (Phi) is 5.92. The van der Waals surface area contributed by atoms with Crippen molar-refractivity contribution < 1.29 is 14.6 Å². The van der Waals surface area contributed by atoms with Crippen LogP contribution >= 0.6 is 0 Å². The summed E-state index contributed by atoms with van der Waals surface area (Å²) in [6.07, 6.45) is 1.66. The van der Waals surface area contributed by atoms with Gasteiger partial charge in [-0.1, -0.05) is 66.7 Å². The molecule has 2 aromatic rings. The van der Waals surface area contributed by atoms with Crippen molar-refractivity contribution in [2.75, 3.05) is 6.61 Å². The molecule has 3 heteroatoms. The molecule has 2 aromatic carbocycles. The maximum Gasteiger partial charge on any atom is 0.311 e. The van der Waals surface area contributed by atoms with Gasteiger partial charge in [-0.15, -0.1) is 6.58 Å². The molecule has 0 fully saturated rings. The van der Waals surface area contributed by atoms with Gasteiger partial charge in [-0.05, 0) is 11.1 Å². The van der Waals surface area contributed by atoms with Gasteiger partial charge in [0.15, 0.2) is 0 Å². The monoisotopic (exact) mass is 296 g/mol. The molecule has 2 atom stereocenters. The molecule has 0 aliphatic heterocycles. The van der Waals surface area contributed by atoms with Crippen LogP contribution in [0.5, 0.6) is 0 Å². The van der Waals surface area contributed by atoms with Gasteiger partial charge in [-0.25, -0.2) is 0 Å². The van der Waals surface area contributed by atoms with Crippen LogP contribution in [0.15, 0.2) is 73.3 Å². The average Bonchev–Trinajstić information content (AvgIpc) is 2.55. The Hall–Kier alpha value is -2.39. The molecule has 0 amide bonds. The highest BCUT2D eigenvalue weighted by molar-refractivity contribution is 5.76. The van der Waals surface area contributed by atoms with Crippen LogP contribution in [0, 0.1) is 5.92 Å². The fourth-order valence-corrected chi connectivity index (χ4v) is 2.42. The lowest BCUT2D eigenvalue weighted by Gasteiger charge is -2.21. The summed E-state index contributed by atoms with van der Waals surface area (Å²) in [4.78, 5) is 11.6. The van der Waals surface area contributed by atoms with Crippen molar-refractivity contribution in [3.63, 3.8) is 0 Å². The van der Waals surface area contributed by atoms with Gasteiger partial charge in [0.25, 0.3) is 0 Å². The Morgan fingerprint density at radius 1 is 1.09 bits per heavy atom. The maximum atomic E-state index is 11.6. The molecule has 0 aliphatic carbocycles. The summed E-state index contributed by atoms with van der Waals surface area (Å²) in [6, 6.07) is 19.0. The molecular weight excluding hydrogens is 276 g/mol. The van der Waals surface area contributed by atoms with Crippen molar-refractivity contribution in [2.24, 2.45) is 5.92 Å². The highest BCUT2D eigenvalue weighted by Crippen LogP contribution is 2.26. The fourth-order valence-electron chi connectivity index (χ4n) is 2.42. The molecule has 0 bridgehead atoms. The molecule has 22 heavy (non-hydrogen) atoms. The first-order valence-corrected chi connectivity index (χ1v) is 7.24. The summed E-state index contributed by atoms with van der Waals surface area (Å²) in [5.74, 6) is -1.78. The number of carbonyl (C=O) groups is 1. The van der Waals surface area contributed by atoms with Crippen molar-refractivity contribution in [3.05, 3.63) is 84.4 Å². The minimum atomic E-state index is -0.862. The Morgan fingerprint density at radius 2 is 1.68 bits per heavy atom. The number of hydrogen-bond acceptors (Lipinski definition) is 2. The normalized spacial score (nSPS) is 13.3. The molecule has 0 aromatic heterocycles. The third-order valence-electron chi connectivity index (χ3n) is 3.58.